The molecule has 7 heteroatoms. The first-order valence-electron chi connectivity index (χ1n) is 6.44. The highest BCUT2D eigenvalue weighted by atomic mass is 32.1. The molecular weight excluding hydrogens is 262 g/mol. The van der Waals surface area contributed by atoms with Crippen molar-refractivity contribution >= 4 is 28.2 Å². The minimum atomic E-state index is -0.145. The average Bonchev–Trinajstić information content (AvgIpc) is 3.00. The number of nitrogens with zero attached hydrogens (tertiary/aromatic N) is 2. The molecule has 1 saturated carbocycles. The summed E-state index contributed by atoms with van der Waals surface area (Å²) >= 11 is 1.32. The van der Waals surface area contributed by atoms with Crippen LogP contribution < -0.4 is 16.4 Å². The summed E-state index contributed by atoms with van der Waals surface area (Å²) in [5.74, 6) is 0.163. The second kappa shape index (κ2) is 5.75. The van der Waals surface area contributed by atoms with Crippen molar-refractivity contribution in [1.82, 2.24) is 15.2 Å². The summed E-state index contributed by atoms with van der Waals surface area (Å²) in [4.78, 5) is 18.8. The standard InChI is InChI=1S/C12H21N5OS/c1-7(6-17(2)3)14-11(18)9-10(13)16-12(19-9)15-8-4-5-8/h7-8H,4-6,13H2,1-3H3,(H,14,18)(H,15,16). The first-order chi connectivity index (χ1) is 8.95. The molecule has 1 aliphatic carbocycles. The molecule has 0 aliphatic heterocycles. The van der Waals surface area contributed by atoms with E-state index in [0.29, 0.717) is 16.7 Å². The molecule has 1 unspecified atom stereocenters. The number of nitrogens with two attached hydrogens (primary N) is 1. The predicted molar refractivity (Wildman–Crippen MR) is 78.7 cm³/mol. The summed E-state index contributed by atoms with van der Waals surface area (Å²) in [5.41, 5.74) is 5.80. The Morgan fingerprint density at radius 3 is 2.84 bits per heavy atom. The molecule has 1 amide bonds. The lowest BCUT2D eigenvalue weighted by Gasteiger charge is -2.17. The number of nitrogens with one attached hydrogen (secondary N) is 2. The molecule has 0 aromatic carbocycles. The number of aromatic nitrogens is 1. The van der Waals surface area contributed by atoms with E-state index in [4.69, 9.17) is 5.73 Å². The lowest BCUT2D eigenvalue weighted by Crippen LogP contribution is -2.39. The van der Waals surface area contributed by atoms with Crippen LogP contribution >= 0.6 is 11.3 Å². The molecule has 2 rings (SSSR count). The van der Waals surface area contributed by atoms with Crippen LogP contribution in [0.4, 0.5) is 10.9 Å². The average molecular weight is 283 g/mol. The second-order valence-corrected chi connectivity index (χ2v) is 6.29. The van der Waals surface area contributed by atoms with Gasteiger partial charge in [-0.15, -0.1) is 0 Å². The topological polar surface area (TPSA) is 83.3 Å². The highest BCUT2D eigenvalue weighted by Gasteiger charge is 2.24. The van der Waals surface area contributed by atoms with Crippen molar-refractivity contribution in [3.8, 4) is 0 Å². The quantitative estimate of drug-likeness (QED) is 0.725. The third-order valence-corrected chi connectivity index (χ3v) is 3.78. The van der Waals surface area contributed by atoms with Gasteiger partial charge in [0.05, 0.1) is 0 Å². The van der Waals surface area contributed by atoms with Crippen LogP contribution in [0.25, 0.3) is 0 Å². The molecule has 1 heterocycles. The fourth-order valence-electron chi connectivity index (χ4n) is 1.84. The highest BCUT2D eigenvalue weighted by Crippen LogP contribution is 2.30. The van der Waals surface area contributed by atoms with Crippen LogP contribution in [0.3, 0.4) is 0 Å². The van der Waals surface area contributed by atoms with Crippen LogP contribution in [0.2, 0.25) is 0 Å². The maximum Gasteiger partial charge on any atom is 0.265 e. The van der Waals surface area contributed by atoms with E-state index in [1.165, 1.54) is 24.2 Å². The van der Waals surface area contributed by atoms with Gasteiger partial charge >= 0.3 is 0 Å². The van der Waals surface area contributed by atoms with Gasteiger partial charge in [0.15, 0.2) is 5.13 Å². The van der Waals surface area contributed by atoms with E-state index < -0.39 is 0 Å². The van der Waals surface area contributed by atoms with Crippen molar-refractivity contribution in [2.75, 3.05) is 31.7 Å². The van der Waals surface area contributed by atoms with Crippen LogP contribution in [0.1, 0.15) is 29.4 Å². The summed E-state index contributed by atoms with van der Waals surface area (Å²) in [6.07, 6.45) is 2.34. The Bertz CT molecular complexity index is 455. The number of hydrogen-bond donors (Lipinski definition) is 3. The van der Waals surface area contributed by atoms with Crippen molar-refractivity contribution in [3.05, 3.63) is 4.88 Å². The van der Waals surface area contributed by atoms with Crippen molar-refractivity contribution < 1.29 is 4.79 Å². The lowest BCUT2D eigenvalue weighted by atomic mass is 10.3. The van der Waals surface area contributed by atoms with Gasteiger partial charge in [-0.05, 0) is 33.9 Å². The number of rotatable bonds is 6. The minimum Gasteiger partial charge on any atom is -0.382 e. The van der Waals surface area contributed by atoms with E-state index in [9.17, 15) is 4.79 Å². The maximum atomic E-state index is 12.1. The summed E-state index contributed by atoms with van der Waals surface area (Å²) in [7, 11) is 3.95. The largest absolute Gasteiger partial charge is 0.382 e. The monoisotopic (exact) mass is 283 g/mol. The fraction of sp³-hybridized carbons (Fsp3) is 0.667. The number of amides is 1. The van der Waals surface area contributed by atoms with Crippen molar-refractivity contribution in [1.29, 1.82) is 0 Å². The summed E-state index contributed by atoms with van der Waals surface area (Å²) < 4.78 is 0. The Balaban J connectivity index is 1.95. The molecular formula is C12H21N5OS. The van der Waals surface area contributed by atoms with Crippen LogP contribution in [-0.2, 0) is 0 Å². The Labute approximate surface area is 117 Å². The SMILES string of the molecule is CC(CN(C)C)NC(=O)c1sc(NC2CC2)nc1N. The number of thiazole rings is 1. The van der Waals surface area contributed by atoms with Crippen molar-refractivity contribution in [2.45, 2.75) is 31.8 Å². The molecule has 1 aromatic heterocycles. The maximum absolute atomic E-state index is 12.1. The molecule has 1 aromatic rings. The van der Waals surface area contributed by atoms with E-state index in [-0.39, 0.29) is 11.9 Å². The van der Waals surface area contributed by atoms with E-state index >= 15 is 0 Å². The number of likely N-dealkylation sites (N-methyl/N-ethyl adjacent to an activating group) is 1. The van der Waals surface area contributed by atoms with Crippen LogP contribution in [0, 0.1) is 0 Å². The Morgan fingerprint density at radius 1 is 1.58 bits per heavy atom. The van der Waals surface area contributed by atoms with Crippen LogP contribution in [0.5, 0.6) is 0 Å². The Morgan fingerprint density at radius 2 is 2.26 bits per heavy atom. The third-order valence-electron chi connectivity index (χ3n) is 2.78. The zero-order chi connectivity index (χ0) is 14.0. The first kappa shape index (κ1) is 14.1. The third kappa shape index (κ3) is 4.07. The molecule has 1 aliphatic rings. The van der Waals surface area contributed by atoms with E-state index in [1.54, 1.807) is 0 Å². The fourth-order valence-corrected chi connectivity index (χ4v) is 2.71. The smallest absolute Gasteiger partial charge is 0.265 e. The van der Waals surface area contributed by atoms with Gasteiger partial charge in [0, 0.05) is 18.6 Å². The summed E-state index contributed by atoms with van der Waals surface area (Å²) in [5, 5.41) is 6.93. The van der Waals surface area contributed by atoms with Crippen molar-refractivity contribution in [2.24, 2.45) is 0 Å². The predicted octanol–water partition coefficient (Wildman–Crippen LogP) is 0.979. The molecule has 0 radical (unpaired) electrons. The normalized spacial score (nSPS) is 16.4. The minimum absolute atomic E-state index is 0.0730. The zero-order valence-electron chi connectivity index (χ0n) is 11.6. The summed E-state index contributed by atoms with van der Waals surface area (Å²) in [6, 6.07) is 0.581. The van der Waals surface area contributed by atoms with Gasteiger partial charge in [-0.2, -0.15) is 0 Å². The molecule has 0 saturated heterocycles. The molecule has 19 heavy (non-hydrogen) atoms. The number of carbonyl (C=O) groups is 1. The molecule has 106 valence electrons. The van der Waals surface area contributed by atoms with Gasteiger partial charge < -0.3 is 21.3 Å². The van der Waals surface area contributed by atoms with Gasteiger partial charge in [0.1, 0.15) is 10.7 Å². The number of carbonyl (C=O) groups excluding carboxylic acids is 1. The number of hydrogen-bond acceptors (Lipinski definition) is 6. The van der Waals surface area contributed by atoms with E-state index in [2.05, 4.69) is 15.6 Å². The molecule has 0 spiro atoms. The lowest BCUT2D eigenvalue weighted by molar-refractivity contribution is 0.0939. The van der Waals surface area contributed by atoms with Crippen molar-refractivity contribution in [3.63, 3.8) is 0 Å². The molecule has 0 bridgehead atoms. The van der Waals surface area contributed by atoms with Crippen LogP contribution in [0.15, 0.2) is 0 Å². The van der Waals surface area contributed by atoms with Crippen LogP contribution in [-0.4, -0.2) is 48.5 Å². The second-order valence-electron chi connectivity index (χ2n) is 5.29. The highest BCUT2D eigenvalue weighted by molar-refractivity contribution is 7.18. The zero-order valence-corrected chi connectivity index (χ0v) is 12.4. The number of anilines is 2. The molecule has 1 atom stereocenters. The van der Waals surface area contributed by atoms with Gasteiger partial charge in [0.25, 0.3) is 5.91 Å². The number of nitrogen functional groups attached to an aromatic ring is 1. The molecule has 4 N–H and O–H groups in total. The van der Waals surface area contributed by atoms with Gasteiger partial charge in [-0.25, -0.2) is 4.98 Å². The molecule has 6 nitrogen and oxygen atoms in total. The van der Waals surface area contributed by atoms with Gasteiger partial charge in [0.2, 0.25) is 0 Å². The Hall–Kier alpha value is -1.34. The first-order valence-corrected chi connectivity index (χ1v) is 7.25. The van der Waals surface area contributed by atoms with E-state index in [1.807, 2.05) is 25.9 Å². The summed E-state index contributed by atoms with van der Waals surface area (Å²) in [6.45, 7) is 2.76. The molecule has 1 fully saturated rings. The van der Waals surface area contributed by atoms with E-state index in [0.717, 1.165) is 11.7 Å². The van der Waals surface area contributed by atoms with Gasteiger partial charge in [-0.1, -0.05) is 11.3 Å². The van der Waals surface area contributed by atoms with Gasteiger partial charge in [-0.3, -0.25) is 4.79 Å². The Kier molecular flexibility index (Phi) is 4.26.